The van der Waals surface area contributed by atoms with Crippen molar-refractivity contribution in [3.05, 3.63) is 77.9 Å². The summed E-state index contributed by atoms with van der Waals surface area (Å²) < 4.78 is 12.9. The number of para-hydroxylation sites is 1. The summed E-state index contributed by atoms with van der Waals surface area (Å²) in [4.78, 5) is 4.00. The van der Waals surface area contributed by atoms with E-state index in [0.29, 0.717) is 5.89 Å². The lowest BCUT2D eigenvalue weighted by molar-refractivity contribution is 0.242. The molecule has 4 rings (SSSR count). The zero-order valence-electron chi connectivity index (χ0n) is 18.0. The smallest absolute Gasteiger partial charge is 0.252 e. The van der Waals surface area contributed by atoms with Gasteiger partial charge >= 0.3 is 0 Å². The number of hydrogen-bond acceptors (Lipinski definition) is 7. The summed E-state index contributed by atoms with van der Waals surface area (Å²) in [7, 11) is 0. The van der Waals surface area contributed by atoms with Crippen molar-refractivity contribution >= 4 is 12.1 Å². The van der Waals surface area contributed by atoms with Crippen molar-refractivity contribution < 1.29 is 9.15 Å². The maximum atomic E-state index is 9.16. The first-order chi connectivity index (χ1) is 15.5. The topological polar surface area (TPSA) is 101 Å². The second-order valence-corrected chi connectivity index (χ2v) is 7.30. The molecule has 2 aromatic heterocycles. The molecule has 0 aliphatic rings. The van der Waals surface area contributed by atoms with Crippen molar-refractivity contribution in [3.8, 4) is 28.8 Å². The Hall–Kier alpha value is -4.38. The van der Waals surface area contributed by atoms with Crippen LogP contribution in [0.1, 0.15) is 31.0 Å². The Morgan fingerprint density at radius 1 is 1.16 bits per heavy atom. The van der Waals surface area contributed by atoms with E-state index in [2.05, 4.69) is 15.5 Å². The Kier molecular flexibility index (Phi) is 5.99. The van der Waals surface area contributed by atoms with Gasteiger partial charge in [-0.1, -0.05) is 18.2 Å². The molecule has 0 saturated carbocycles. The molecule has 2 aromatic carbocycles. The fourth-order valence-electron chi connectivity index (χ4n) is 3.12. The van der Waals surface area contributed by atoms with Gasteiger partial charge in [-0.15, -0.1) is 0 Å². The third-order valence-corrected chi connectivity index (χ3v) is 4.47. The molecule has 8 heteroatoms. The lowest BCUT2D eigenvalue weighted by Crippen LogP contribution is -2.05. The summed E-state index contributed by atoms with van der Waals surface area (Å²) >= 11 is 0. The standard InChI is InChI=1S/C24H22N6O2/c1-16(2)31-21-11-9-18(10-12-21)23-19(15-30(29-23)20-7-5-4-6-8-20)14-26-28-24-22(13-25)27-17(3)32-24/h4-12,14-16,28H,1-3H3/b26-14-. The SMILES string of the molecule is Cc1nc(C#N)c(N/N=C\c2cn(-c3ccccc3)nc2-c2ccc(OC(C)C)cc2)o1. The van der Waals surface area contributed by atoms with Crippen LogP contribution in [-0.4, -0.2) is 27.1 Å². The number of rotatable bonds is 7. The quantitative estimate of drug-likeness (QED) is 0.332. The van der Waals surface area contributed by atoms with Crippen molar-refractivity contribution in [1.82, 2.24) is 14.8 Å². The molecule has 0 atom stereocenters. The van der Waals surface area contributed by atoms with Crippen LogP contribution >= 0.6 is 0 Å². The van der Waals surface area contributed by atoms with Crippen LogP contribution in [0, 0.1) is 18.3 Å². The van der Waals surface area contributed by atoms with E-state index in [4.69, 9.17) is 19.5 Å². The van der Waals surface area contributed by atoms with Crippen molar-refractivity contribution in [2.45, 2.75) is 26.9 Å². The summed E-state index contributed by atoms with van der Waals surface area (Å²) in [5, 5.41) is 18.2. The van der Waals surface area contributed by atoms with Crippen LogP contribution in [0.15, 0.2) is 70.3 Å². The molecule has 2 heterocycles. The molecule has 0 aliphatic carbocycles. The van der Waals surface area contributed by atoms with E-state index < -0.39 is 0 Å². The monoisotopic (exact) mass is 426 g/mol. The summed E-state index contributed by atoms with van der Waals surface area (Å²) in [6, 6.07) is 19.6. The van der Waals surface area contributed by atoms with E-state index in [-0.39, 0.29) is 17.7 Å². The van der Waals surface area contributed by atoms with Crippen molar-refractivity contribution in [3.63, 3.8) is 0 Å². The first-order valence-electron chi connectivity index (χ1n) is 10.1. The second kappa shape index (κ2) is 9.18. The Labute approximate surface area is 185 Å². The highest BCUT2D eigenvalue weighted by Crippen LogP contribution is 2.25. The van der Waals surface area contributed by atoms with Gasteiger partial charge in [0.2, 0.25) is 5.69 Å². The van der Waals surface area contributed by atoms with Gasteiger partial charge in [0.25, 0.3) is 5.88 Å². The van der Waals surface area contributed by atoms with Gasteiger partial charge in [0.05, 0.1) is 18.0 Å². The first-order valence-corrected chi connectivity index (χ1v) is 10.1. The molecule has 0 aliphatic heterocycles. The van der Waals surface area contributed by atoms with Gasteiger partial charge in [0, 0.05) is 24.2 Å². The zero-order valence-corrected chi connectivity index (χ0v) is 18.0. The minimum atomic E-state index is 0.102. The van der Waals surface area contributed by atoms with Crippen LogP contribution in [0.3, 0.4) is 0 Å². The Morgan fingerprint density at radius 3 is 2.59 bits per heavy atom. The van der Waals surface area contributed by atoms with Gasteiger partial charge in [-0.05, 0) is 50.2 Å². The van der Waals surface area contributed by atoms with Crippen molar-refractivity contribution in [2.75, 3.05) is 5.43 Å². The number of aryl methyl sites for hydroxylation is 1. The predicted molar refractivity (Wildman–Crippen MR) is 122 cm³/mol. The number of benzene rings is 2. The maximum absolute atomic E-state index is 9.16. The summed E-state index contributed by atoms with van der Waals surface area (Å²) in [6.07, 6.45) is 3.63. The summed E-state index contributed by atoms with van der Waals surface area (Å²) in [5.41, 5.74) is 6.30. The van der Waals surface area contributed by atoms with Crippen LogP contribution in [0.2, 0.25) is 0 Å². The highest BCUT2D eigenvalue weighted by Gasteiger charge is 2.13. The van der Waals surface area contributed by atoms with Gasteiger partial charge in [0.1, 0.15) is 17.5 Å². The van der Waals surface area contributed by atoms with Crippen LogP contribution in [-0.2, 0) is 0 Å². The minimum absolute atomic E-state index is 0.102. The highest BCUT2D eigenvalue weighted by molar-refractivity contribution is 5.89. The zero-order chi connectivity index (χ0) is 22.5. The Morgan fingerprint density at radius 2 is 1.91 bits per heavy atom. The normalized spacial score (nSPS) is 11.1. The molecule has 0 spiro atoms. The largest absolute Gasteiger partial charge is 0.491 e. The van der Waals surface area contributed by atoms with Gasteiger partial charge in [0.15, 0.2) is 5.89 Å². The molecule has 0 amide bonds. The molecular weight excluding hydrogens is 404 g/mol. The molecule has 32 heavy (non-hydrogen) atoms. The number of nitrogens with one attached hydrogen (secondary N) is 1. The van der Waals surface area contributed by atoms with Crippen LogP contribution in [0.5, 0.6) is 5.75 Å². The van der Waals surface area contributed by atoms with Crippen LogP contribution in [0.25, 0.3) is 16.9 Å². The fraction of sp³-hybridized carbons (Fsp3) is 0.167. The molecule has 0 radical (unpaired) electrons. The molecule has 8 nitrogen and oxygen atoms in total. The van der Waals surface area contributed by atoms with Crippen LogP contribution in [0.4, 0.5) is 5.88 Å². The predicted octanol–water partition coefficient (Wildman–Crippen LogP) is 4.94. The third-order valence-electron chi connectivity index (χ3n) is 4.47. The fourth-order valence-corrected chi connectivity index (χ4v) is 3.12. The highest BCUT2D eigenvalue weighted by atomic mass is 16.5. The van der Waals surface area contributed by atoms with Crippen molar-refractivity contribution in [2.24, 2.45) is 5.10 Å². The molecular formula is C24H22N6O2. The average molecular weight is 426 g/mol. The lowest BCUT2D eigenvalue weighted by Gasteiger charge is -2.09. The number of hydrazone groups is 1. The van der Waals surface area contributed by atoms with E-state index >= 15 is 0 Å². The number of nitrogens with zero attached hydrogens (tertiary/aromatic N) is 5. The van der Waals surface area contributed by atoms with Crippen molar-refractivity contribution in [1.29, 1.82) is 5.26 Å². The maximum Gasteiger partial charge on any atom is 0.252 e. The van der Waals surface area contributed by atoms with E-state index in [9.17, 15) is 0 Å². The molecule has 0 bridgehead atoms. The number of hydrogen-bond donors (Lipinski definition) is 1. The molecule has 160 valence electrons. The number of aromatic nitrogens is 3. The molecule has 0 unspecified atom stereocenters. The first kappa shape index (κ1) is 20.9. The Bertz CT molecular complexity index is 1260. The Balaban J connectivity index is 1.67. The molecule has 0 saturated heterocycles. The van der Waals surface area contributed by atoms with Crippen LogP contribution < -0.4 is 10.2 Å². The van der Waals surface area contributed by atoms with Gasteiger partial charge in [-0.2, -0.15) is 15.5 Å². The number of oxazole rings is 1. The molecule has 0 fully saturated rings. The third kappa shape index (κ3) is 4.68. The van der Waals surface area contributed by atoms with E-state index in [0.717, 1.165) is 28.3 Å². The summed E-state index contributed by atoms with van der Waals surface area (Å²) in [6.45, 7) is 5.65. The van der Waals surface area contributed by atoms with E-state index in [1.54, 1.807) is 17.8 Å². The molecule has 4 aromatic rings. The van der Waals surface area contributed by atoms with Gasteiger partial charge in [-0.25, -0.2) is 15.1 Å². The van der Waals surface area contributed by atoms with Gasteiger partial charge < -0.3 is 9.15 Å². The number of ether oxygens (including phenoxy) is 1. The lowest BCUT2D eigenvalue weighted by atomic mass is 10.1. The number of anilines is 1. The van der Waals surface area contributed by atoms with Gasteiger partial charge in [-0.3, -0.25) is 0 Å². The molecule has 1 N–H and O–H groups in total. The summed E-state index contributed by atoms with van der Waals surface area (Å²) in [5.74, 6) is 1.39. The minimum Gasteiger partial charge on any atom is -0.491 e. The second-order valence-electron chi connectivity index (χ2n) is 7.30. The average Bonchev–Trinajstić information content (AvgIpc) is 3.38. The van der Waals surface area contributed by atoms with E-state index in [1.807, 2.05) is 80.7 Å². The number of nitriles is 1. The van der Waals surface area contributed by atoms with E-state index in [1.165, 1.54) is 0 Å².